The zero-order chi connectivity index (χ0) is 0. The van der Waals surface area contributed by atoms with Gasteiger partial charge < -0.3 is 0 Å². The van der Waals surface area contributed by atoms with Crippen molar-refractivity contribution in [3.63, 3.8) is 0 Å². The van der Waals surface area contributed by atoms with E-state index in [1.165, 1.54) is 0 Å². The molecule has 0 aromatic carbocycles. The third-order valence-corrected chi connectivity index (χ3v) is 0. The topological polar surface area (TPSA) is 0 Å². The van der Waals surface area contributed by atoms with Gasteiger partial charge in [-0.3, -0.25) is 0 Å². The van der Waals surface area contributed by atoms with Crippen LogP contribution in [0.15, 0.2) is 0 Å². The van der Waals surface area contributed by atoms with Crippen molar-refractivity contribution in [2.24, 2.45) is 0 Å². The predicted molar refractivity (Wildman–Crippen MR) is 25.6 cm³/mol. The standard InChI is InChI=1S/Al.Cu.Li.Mg.Sc.Zn.6H. The molecule has 0 saturated heterocycles. The van der Waals surface area contributed by atoms with Gasteiger partial charge in [0.05, 0.1) is 0 Å². The number of hydrogen-bond donors (Lipinski definition) is 0. The van der Waals surface area contributed by atoms with E-state index >= 15 is 0 Å². The smallest absolute Gasteiger partial charge is 0 e. The van der Waals surface area contributed by atoms with Gasteiger partial charge in [-0.1, -0.05) is 0 Å². The van der Waals surface area contributed by atoms with E-state index in [4.69, 9.17) is 0 Å². The van der Waals surface area contributed by atoms with Crippen molar-refractivity contribution >= 4 is 59.3 Å². The fraction of sp³-hybridized carbons (Fsp3) is 0. The van der Waals surface area contributed by atoms with E-state index in [0.717, 1.165) is 0 Å². The van der Waals surface area contributed by atoms with Gasteiger partial charge in [-0.2, -0.15) is 0 Å². The Morgan fingerprint density at radius 1 is 1.00 bits per heavy atom. The zero-order valence-corrected chi connectivity index (χ0v) is 7.30. The molecule has 0 aliphatic carbocycles. The normalized spacial score (nSPS) is 0. The van der Waals surface area contributed by atoms with Gasteiger partial charge in [0.25, 0.3) is 0 Å². The minimum absolute atomic E-state index is 0. The van der Waals surface area contributed by atoms with Crippen LogP contribution in [0.1, 0.15) is 0 Å². The summed E-state index contributed by atoms with van der Waals surface area (Å²) in [5.74, 6) is 0. The largest absolute Gasteiger partial charge is 0.316 e. The third-order valence-electron chi connectivity index (χ3n) is 0. The van der Waals surface area contributed by atoms with Gasteiger partial charge >= 0.3 is 41.9 Å². The summed E-state index contributed by atoms with van der Waals surface area (Å²) in [6.07, 6.45) is 0. The predicted octanol–water partition coefficient (Wildman–Crippen LogP) is -2.76. The Balaban J connectivity index is 0. The molecule has 0 heterocycles. The second-order valence-corrected chi connectivity index (χ2v) is 0. The summed E-state index contributed by atoms with van der Waals surface area (Å²) in [6.45, 7) is 0. The molecule has 0 aromatic rings. The minimum Gasteiger partial charge on any atom is 0 e. The van der Waals surface area contributed by atoms with Crippen LogP contribution in [0.25, 0.3) is 0 Å². The van der Waals surface area contributed by atoms with Crippen molar-refractivity contribution < 1.29 is 62.4 Å². The van der Waals surface area contributed by atoms with Crippen molar-refractivity contribution in [1.82, 2.24) is 0 Å². The maximum Gasteiger partial charge on any atom is 0.316 e. The van der Waals surface area contributed by atoms with Crippen molar-refractivity contribution in [2.45, 2.75) is 0 Å². The van der Waals surface area contributed by atoms with Gasteiger partial charge in [-0.25, -0.2) is 0 Å². The number of rotatable bonds is 0. The molecule has 0 aliphatic heterocycles. The molecule has 0 fully saturated rings. The van der Waals surface area contributed by atoms with Gasteiger partial charge in [0.1, 0.15) is 0 Å². The molecule has 0 amide bonds. The Morgan fingerprint density at radius 3 is 1.00 bits per heavy atom. The molecule has 0 saturated carbocycles. The summed E-state index contributed by atoms with van der Waals surface area (Å²) < 4.78 is 0. The molecular formula is H6AlCuLiMgScZn. The van der Waals surface area contributed by atoms with E-state index in [0.29, 0.717) is 0 Å². The molecule has 6 heavy (non-hydrogen) atoms. The summed E-state index contributed by atoms with van der Waals surface area (Å²) in [6, 6.07) is 0. The molecule has 0 nitrogen and oxygen atoms in total. The second kappa shape index (κ2) is 36.5. The van der Waals surface area contributed by atoms with Crippen LogP contribution in [0.5, 0.6) is 0 Å². The quantitative estimate of drug-likeness (QED) is 0.401. The van der Waals surface area contributed by atoms with Gasteiger partial charge in [0.15, 0.2) is 17.4 Å². The molecule has 0 atom stereocenters. The van der Waals surface area contributed by atoms with Crippen molar-refractivity contribution in [2.75, 3.05) is 0 Å². The molecule has 0 N–H and O–H groups in total. The summed E-state index contributed by atoms with van der Waals surface area (Å²) >= 11 is 0. The fourth-order valence-corrected chi connectivity index (χ4v) is 0. The average molecular weight is 238 g/mol. The molecular weight excluding hydrogens is 232 g/mol. The Labute approximate surface area is 119 Å². The van der Waals surface area contributed by atoms with E-state index in [9.17, 15) is 0 Å². The van der Waals surface area contributed by atoms with E-state index in [2.05, 4.69) is 0 Å². The van der Waals surface area contributed by atoms with Crippen LogP contribution in [0.4, 0.5) is 0 Å². The molecule has 0 bridgehead atoms. The first-order chi connectivity index (χ1) is 0. The minimum atomic E-state index is 0. The first kappa shape index (κ1) is 51.5. The van der Waals surface area contributed by atoms with E-state index in [1.807, 2.05) is 0 Å². The van der Waals surface area contributed by atoms with Gasteiger partial charge in [-0.05, 0) is 0 Å². The first-order valence-electron chi connectivity index (χ1n) is 0. The van der Waals surface area contributed by atoms with Gasteiger partial charge in [-0.15, -0.1) is 0 Å². The summed E-state index contributed by atoms with van der Waals surface area (Å²) in [5.41, 5.74) is 0. The summed E-state index contributed by atoms with van der Waals surface area (Å²) in [5, 5.41) is 0. The van der Waals surface area contributed by atoms with Gasteiger partial charge in [0, 0.05) is 62.4 Å². The average Bonchev–Trinajstić information content (AvgIpc) is 0. The maximum absolute atomic E-state index is 0. The number of hydrogen-bond acceptors (Lipinski definition) is 0. The Kier molecular flexibility index (Phi) is 313. The van der Waals surface area contributed by atoms with Crippen molar-refractivity contribution in [3.05, 3.63) is 0 Å². The monoisotopic (exact) mass is 236 g/mol. The van der Waals surface area contributed by atoms with Crippen LogP contribution in [0.2, 0.25) is 0 Å². The molecule has 0 spiro atoms. The Morgan fingerprint density at radius 2 is 1.00 bits per heavy atom. The zero-order valence-electron chi connectivity index (χ0n) is 1.59. The van der Waals surface area contributed by atoms with Crippen molar-refractivity contribution in [3.8, 4) is 0 Å². The van der Waals surface area contributed by atoms with Crippen LogP contribution in [0, 0.1) is 0 Å². The second-order valence-electron chi connectivity index (χ2n) is 0. The fourth-order valence-electron chi connectivity index (χ4n) is 0. The summed E-state index contributed by atoms with van der Waals surface area (Å²) in [7, 11) is 0. The van der Waals surface area contributed by atoms with Crippen LogP contribution >= 0.6 is 0 Å². The van der Waals surface area contributed by atoms with Crippen LogP contribution < -0.4 is 0 Å². The molecule has 0 aromatic heterocycles. The Hall–Kier alpha value is 3.91. The maximum atomic E-state index is 0. The van der Waals surface area contributed by atoms with Crippen LogP contribution in [0.3, 0.4) is 0 Å². The molecule has 0 rings (SSSR count). The molecule has 0 unspecified atom stereocenters. The van der Waals surface area contributed by atoms with Crippen LogP contribution in [-0.4, -0.2) is 59.3 Å². The van der Waals surface area contributed by atoms with Crippen molar-refractivity contribution in [1.29, 1.82) is 0 Å². The van der Waals surface area contributed by atoms with E-state index in [1.54, 1.807) is 0 Å². The third kappa shape index (κ3) is 24.7. The molecule has 2 radical (unpaired) electrons. The van der Waals surface area contributed by atoms with Crippen LogP contribution in [-0.2, 0) is 62.4 Å². The molecule has 0 aliphatic rings. The summed E-state index contributed by atoms with van der Waals surface area (Å²) in [4.78, 5) is 0. The molecule has 28 valence electrons. The molecule has 6 heteroatoms. The van der Waals surface area contributed by atoms with E-state index in [-0.39, 0.29) is 122 Å². The Bertz CT molecular complexity index is 15.5. The van der Waals surface area contributed by atoms with Gasteiger partial charge in [0.2, 0.25) is 0 Å². The first-order valence-corrected chi connectivity index (χ1v) is 0. The van der Waals surface area contributed by atoms with E-state index < -0.39 is 0 Å². The SMILES string of the molecule is [AlH3].[Cu].[LiH].[MgH2].[Sc].[Zn].